The van der Waals surface area contributed by atoms with Gasteiger partial charge in [0.2, 0.25) is 5.82 Å². The number of aromatic nitrogens is 3. The number of anilines is 1. The van der Waals surface area contributed by atoms with Gasteiger partial charge in [-0.3, -0.25) is 4.79 Å². The van der Waals surface area contributed by atoms with Gasteiger partial charge in [0.25, 0.3) is 5.91 Å². The fraction of sp³-hybridized carbons (Fsp3) is 0.160. The Balaban J connectivity index is 1.62. The van der Waals surface area contributed by atoms with Gasteiger partial charge in [0.1, 0.15) is 0 Å². The van der Waals surface area contributed by atoms with E-state index in [4.69, 9.17) is 0 Å². The Morgan fingerprint density at radius 3 is 2.06 bits per heavy atom. The molecule has 31 heavy (non-hydrogen) atoms. The zero-order chi connectivity index (χ0) is 21.8. The minimum absolute atomic E-state index is 0.176. The minimum atomic E-state index is -0.219. The number of rotatable bonds is 6. The molecular weight excluding hydrogens is 386 g/mol. The van der Waals surface area contributed by atoms with Crippen LogP contribution in [0.4, 0.5) is 5.69 Å². The van der Waals surface area contributed by atoms with Crippen LogP contribution in [0, 0.1) is 0 Å². The molecule has 0 aliphatic rings. The van der Waals surface area contributed by atoms with Crippen LogP contribution < -0.4 is 4.90 Å². The van der Waals surface area contributed by atoms with Crippen molar-refractivity contribution in [2.75, 3.05) is 26.0 Å². The largest absolute Gasteiger partial charge is 0.378 e. The van der Waals surface area contributed by atoms with Crippen molar-refractivity contribution in [2.24, 2.45) is 0 Å². The van der Waals surface area contributed by atoms with Gasteiger partial charge in [-0.05, 0) is 29.8 Å². The van der Waals surface area contributed by atoms with E-state index < -0.39 is 0 Å². The highest BCUT2D eigenvalue weighted by Gasteiger charge is 2.21. The van der Waals surface area contributed by atoms with Crippen molar-refractivity contribution in [3.8, 4) is 17.1 Å². The Hall–Kier alpha value is -3.93. The standard InChI is InChI=1S/C25H25N5O/c1-28(2)21-16-14-19(15-17-21)18-29(3)25(31)23-26-24(20-10-6-4-7-11-20)30(27-23)22-12-8-5-9-13-22/h4-17H,18H2,1-3H3. The molecule has 0 unspecified atom stereocenters. The molecule has 0 N–H and O–H groups in total. The van der Waals surface area contributed by atoms with Crippen molar-refractivity contribution < 1.29 is 4.79 Å². The third kappa shape index (κ3) is 4.48. The summed E-state index contributed by atoms with van der Waals surface area (Å²) in [4.78, 5) is 21.4. The second-order valence-corrected chi connectivity index (χ2v) is 7.59. The summed E-state index contributed by atoms with van der Waals surface area (Å²) < 4.78 is 1.72. The summed E-state index contributed by atoms with van der Waals surface area (Å²) in [5.74, 6) is 0.595. The number of nitrogens with zero attached hydrogens (tertiary/aromatic N) is 5. The van der Waals surface area contributed by atoms with Crippen molar-refractivity contribution in [1.82, 2.24) is 19.7 Å². The second kappa shape index (κ2) is 8.83. The minimum Gasteiger partial charge on any atom is -0.378 e. The molecule has 4 aromatic rings. The Labute approximate surface area is 182 Å². The van der Waals surface area contributed by atoms with Gasteiger partial charge in [-0.15, -0.1) is 5.10 Å². The first-order chi connectivity index (χ1) is 15.0. The maximum absolute atomic E-state index is 13.1. The summed E-state index contributed by atoms with van der Waals surface area (Å²) in [5, 5.41) is 4.56. The third-order valence-corrected chi connectivity index (χ3v) is 5.05. The molecule has 3 aromatic carbocycles. The molecular formula is C25H25N5O. The van der Waals surface area contributed by atoms with Crippen molar-refractivity contribution in [3.63, 3.8) is 0 Å². The van der Waals surface area contributed by atoms with Gasteiger partial charge >= 0.3 is 0 Å². The lowest BCUT2D eigenvalue weighted by Crippen LogP contribution is -2.27. The van der Waals surface area contributed by atoms with Crippen LogP contribution >= 0.6 is 0 Å². The van der Waals surface area contributed by atoms with E-state index in [0.29, 0.717) is 12.4 Å². The zero-order valence-corrected chi connectivity index (χ0v) is 17.9. The van der Waals surface area contributed by atoms with Crippen molar-refractivity contribution in [2.45, 2.75) is 6.54 Å². The molecule has 0 saturated heterocycles. The van der Waals surface area contributed by atoms with Crippen LogP contribution in [0.1, 0.15) is 16.2 Å². The van der Waals surface area contributed by atoms with Crippen LogP contribution in [0.2, 0.25) is 0 Å². The van der Waals surface area contributed by atoms with Gasteiger partial charge in [-0.1, -0.05) is 60.7 Å². The summed E-state index contributed by atoms with van der Waals surface area (Å²) in [6.07, 6.45) is 0. The molecule has 6 nitrogen and oxygen atoms in total. The highest BCUT2D eigenvalue weighted by molar-refractivity contribution is 5.90. The van der Waals surface area contributed by atoms with Crippen LogP contribution in [0.15, 0.2) is 84.9 Å². The quantitative estimate of drug-likeness (QED) is 0.475. The average molecular weight is 412 g/mol. The Bertz CT molecular complexity index is 1090. The Morgan fingerprint density at radius 1 is 0.839 bits per heavy atom. The van der Waals surface area contributed by atoms with Gasteiger partial charge < -0.3 is 9.80 Å². The summed E-state index contributed by atoms with van der Waals surface area (Å²) in [7, 11) is 5.78. The molecule has 1 heterocycles. The van der Waals surface area contributed by atoms with Gasteiger partial charge in [-0.2, -0.15) is 0 Å². The maximum atomic E-state index is 13.1. The first kappa shape index (κ1) is 20.3. The molecule has 0 bridgehead atoms. The molecule has 0 aliphatic carbocycles. The van der Waals surface area contributed by atoms with E-state index in [1.165, 1.54) is 0 Å². The number of hydrogen-bond acceptors (Lipinski definition) is 4. The molecule has 4 rings (SSSR count). The lowest BCUT2D eigenvalue weighted by atomic mass is 10.2. The fourth-order valence-corrected chi connectivity index (χ4v) is 3.34. The van der Waals surface area contributed by atoms with E-state index in [0.717, 1.165) is 22.5 Å². The molecule has 156 valence electrons. The Morgan fingerprint density at radius 2 is 1.45 bits per heavy atom. The number of amides is 1. The number of carbonyl (C=O) groups is 1. The maximum Gasteiger partial charge on any atom is 0.293 e. The number of carbonyl (C=O) groups excluding carboxylic acids is 1. The van der Waals surface area contributed by atoms with E-state index in [1.54, 1.807) is 16.6 Å². The summed E-state index contributed by atoms with van der Waals surface area (Å²) in [6.45, 7) is 0.479. The van der Waals surface area contributed by atoms with E-state index in [9.17, 15) is 4.79 Å². The molecule has 0 aliphatic heterocycles. The van der Waals surface area contributed by atoms with Crippen molar-refractivity contribution in [1.29, 1.82) is 0 Å². The smallest absolute Gasteiger partial charge is 0.293 e. The topological polar surface area (TPSA) is 54.3 Å². The Kier molecular flexibility index (Phi) is 5.80. The number of benzene rings is 3. The molecule has 0 spiro atoms. The van der Waals surface area contributed by atoms with E-state index in [-0.39, 0.29) is 11.7 Å². The van der Waals surface area contributed by atoms with E-state index in [1.807, 2.05) is 104 Å². The number of para-hydroxylation sites is 1. The van der Waals surface area contributed by atoms with Crippen LogP contribution in [0.3, 0.4) is 0 Å². The fourth-order valence-electron chi connectivity index (χ4n) is 3.34. The molecule has 1 aromatic heterocycles. The first-order valence-electron chi connectivity index (χ1n) is 10.1. The number of hydrogen-bond donors (Lipinski definition) is 0. The van der Waals surface area contributed by atoms with Crippen LogP contribution in [0.25, 0.3) is 17.1 Å². The van der Waals surface area contributed by atoms with Crippen molar-refractivity contribution >= 4 is 11.6 Å². The lowest BCUT2D eigenvalue weighted by Gasteiger charge is -2.17. The van der Waals surface area contributed by atoms with Crippen molar-refractivity contribution in [3.05, 3.63) is 96.3 Å². The molecule has 0 radical (unpaired) electrons. The predicted molar refractivity (Wildman–Crippen MR) is 123 cm³/mol. The lowest BCUT2D eigenvalue weighted by molar-refractivity contribution is 0.0773. The summed E-state index contributed by atoms with van der Waals surface area (Å²) in [6, 6.07) is 27.7. The average Bonchev–Trinajstić information content (AvgIpc) is 3.25. The van der Waals surface area contributed by atoms with E-state index in [2.05, 4.69) is 10.1 Å². The van der Waals surface area contributed by atoms with Gasteiger partial charge in [0, 0.05) is 38.9 Å². The highest BCUT2D eigenvalue weighted by atomic mass is 16.2. The second-order valence-electron chi connectivity index (χ2n) is 7.59. The normalized spacial score (nSPS) is 10.7. The predicted octanol–water partition coefficient (Wildman–Crippen LogP) is 4.27. The molecule has 1 amide bonds. The van der Waals surface area contributed by atoms with Crippen LogP contribution in [-0.2, 0) is 6.54 Å². The highest BCUT2D eigenvalue weighted by Crippen LogP contribution is 2.22. The van der Waals surface area contributed by atoms with Gasteiger partial charge in [0.15, 0.2) is 5.82 Å². The van der Waals surface area contributed by atoms with Gasteiger partial charge in [-0.25, -0.2) is 9.67 Å². The molecule has 0 fully saturated rings. The molecule has 0 saturated carbocycles. The van der Waals surface area contributed by atoms with E-state index >= 15 is 0 Å². The third-order valence-electron chi connectivity index (χ3n) is 5.05. The monoisotopic (exact) mass is 411 g/mol. The van der Waals surface area contributed by atoms with Crippen LogP contribution in [0.5, 0.6) is 0 Å². The molecule has 6 heteroatoms. The van der Waals surface area contributed by atoms with Crippen LogP contribution in [-0.4, -0.2) is 46.7 Å². The summed E-state index contributed by atoms with van der Waals surface area (Å²) >= 11 is 0. The molecule has 0 atom stereocenters. The SMILES string of the molecule is CN(Cc1ccc(N(C)C)cc1)C(=O)c1nc(-c2ccccc2)n(-c2ccccc2)n1. The first-order valence-corrected chi connectivity index (χ1v) is 10.1. The summed E-state index contributed by atoms with van der Waals surface area (Å²) in [5.41, 5.74) is 3.93. The van der Waals surface area contributed by atoms with Gasteiger partial charge in [0.05, 0.1) is 5.69 Å². The zero-order valence-electron chi connectivity index (χ0n) is 17.9.